The third kappa shape index (κ3) is 3.66. The van der Waals surface area contributed by atoms with Crippen molar-refractivity contribution in [3.63, 3.8) is 0 Å². The van der Waals surface area contributed by atoms with Crippen molar-refractivity contribution in [2.45, 2.75) is 13.0 Å². The Morgan fingerprint density at radius 3 is 2.86 bits per heavy atom. The highest BCUT2D eigenvalue weighted by Gasteiger charge is 2.17. The lowest BCUT2D eigenvalue weighted by atomic mass is 10.1. The minimum Gasteiger partial charge on any atom is -0.496 e. The Bertz CT molecular complexity index is 666. The van der Waals surface area contributed by atoms with Gasteiger partial charge < -0.3 is 10.1 Å². The van der Waals surface area contributed by atoms with E-state index in [1.54, 1.807) is 6.92 Å². The van der Waals surface area contributed by atoms with Gasteiger partial charge in [-0.2, -0.15) is 0 Å². The quantitative estimate of drug-likeness (QED) is 0.943. The first kappa shape index (κ1) is 15.2. The van der Waals surface area contributed by atoms with Crippen molar-refractivity contribution >= 4 is 17.5 Å². The Kier molecular flexibility index (Phi) is 4.70. The number of ether oxygens (including phenoxy) is 1. The van der Waals surface area contributed by atoms with Gasteiger partial charge >= 0.3 is 0 Å². The number of hydrogen-bond acceptors (Lipinski definition) is 4. The number of benzene rings is 1. The lowest BCUT2D eigenvalue weighted by molar-refractivity contribution is 0.0934. The molecule has 0 radical (unpaired) electrons. The molecule has 1 atom stereocenters. The zero-order valence-corrected chi connectivity index (χ0v) is 12.2. The molecule has 2 aromatic rings. The van der Waals surface area contributed by atoms with Crippen molar-refractivity contribution in [3.05, 3.63) is 52.8 Å². The number of rotatable bonds is 4. The average molecular weight is 310 g/mol. The van der Waals surface area contributed by atoms with Crippen molar-refractivity contribution < 1.29 is 13.9 Å². The normalized spacial score (nSPS) is 11.8. The molecule has 1 aromatic heterocycles. The lowest BCUT2D eigenvalue weighted by Crippen LogP contribution is -2.28. The second kappa shape index (κ2) is 6.49. The van der Waals surface area contributed by atoms with E-state index in [1.807, 2.05) is 0 Å². The van der Waals surface area contributed by atoms with E-state index in [1.165, 1.54) is 37.7 Å². The molecular formula is C14H13ClFN3O2. The van der Waals surface area contributed by atoms with Crippen molar-refractivity contribution in [2.24, 2.45) is 0 Å². The maximum Gasteiger partial charge on any atom is 0.272 e. The van der Waals surface area contributed by atoms with Crippen molar-refractivity contribution in [1.29, 1.82) is 0 Å². The molecule has 0 fully saturated rings. The van der Waals surface area contributed by atoms with E-state index in [0.717, 1.165) is 0 Å². The fraction of sp³-hybridized carbons (Fsp3) is 0.214. The van der Waals surface area contributed by atoms with E-state index in [0.29, 0.717) is 11.3 Å². The molecule has 0 bridgehead atoms. The standard InChI is InChI=1S/C14H13ClFN3O2/c1-8(10-5-9(16)3-4-12(10)21-2)18-14(20)11-6-17-7-13(15)19-11/h3-8H,1-2H3,(H,18,20). The molecule has 2 rings (SSSR count). The molecule has 0 aliphatic rings. The van der Waals surface area contributed by atoms with Crippen LogP contribution in [-0.2, 0) is 0 Å². The summed E-state index contributed by atoms with van der Waals surface area (Å²) in [5.41, 5.74) is 0.616. The average Bonchev–Trinajstić information content (AvgIpc) is 2.47. The summed E-state index contributed by atoms with van der Waals surface area (Å²) in [6, 6.07) is 3.64. The molecule has 0 spiro atoms. The van der Waals surface area contributed by atoms with E-state index in [-0.39, 0.29) is 10.8 Å². The summed E-state index contributed by atoms with van der Waals surface area (Å²) in [6.45, 7) is 1.72. The molecule has 1 aromatic carbocycles. The summed E-state index contributed by atoms with van der Waals surface area (Å²) in [7, 11) is 1.48. The van der Waals surface area contributed by atoms with Crippen LogP contribution in [0.4, 0.5) is 4.39 Å². The second-order valence-corrected chi connectivity index (χ2v) is 4.70. The number of methoxy groups -OCH3 is 1. The van der Waals surface area contributed by atoms with Gasteiger partial charge in [0.25, 0.3) is 5.91 Å². The molecule has 0 aliphatic heterocycles. The van der Waals surface area contributed by atoms with Gasteiger partial charge in [0, 0.05) is 5.56 Å². The highest BCUT2D eigenvalue weighted by atomic mass is 35.5. The number of halogens is 2. The maximum atomic E-state index is 13.3. The van der Waals surface area contributed by atoms with Gasteiger partial charge in [0.1, 0.15) is 22.4 Å². The second-order valence-electron chi connectivity index (χ2n) is 4.31. The molecule has 0 aliphatic carbocycles. The van der Waals surface area contributed by atoms with Crippen LogP contribution in [0.25, 0.3) is 0 Å². The Morgan fingerprint density at radius 1 is 1.43 bits per heavy atom. The number of amides is 1. The first-order valence-electron chi connectivity index (χ1n) is 6.13. The monoisotopic (exact) mass is 309 g/mol. The first-order valence-corrected chi connectivity index (χ1v) is 6.51. The number of carbonyl (C=O) groups is 1. The predicted molar refractivity (Wildman–Crippen MR) is 75.9 cm³/mol. The summed E-state index contributed by atoms with van der Waals surface area (Å²) in [5.74, 6) is -0.375. The predicted octanol–water partition coefficient (Wildman–Crippen LogP) is 2.77. The topological polar surface area (TPSA) is 64.1 Å². The minimum atomic E-state index is -0.469. The van der Waals surface area contributed by atoms with Gasteiger partial charge in [0.2, 0.25) is 0 Å². The van der Waals surface area contributed by atoms with Gasteiger partial charge in [0.05, 0.1) is 25.5 Å². The molecule has 1 heterocycles. The van der Waals surface area contributed by atoms with Gasteiger partial charge in [-0.15, -0.1) is 0 Å². The highest BCUT2D eigenvalue weighted by molar-refractivity contribution is 6.29. The van der Waals surface area contributed by atoms with Gasteiger partial charge in [-0.1, -0.05) is 11.6 Å². The van der Waals surface area contributed by atoms with Crippen molar-refractivity contribution in [1.82, 2.24) is 15.3 Å². The van der Waals surface area contributed by atoms with Gasteiger partial charge in [-0.25, -0.2) is 9.37 Å². The number of carbonyl (C=O) groups excluding carboxylic acids is 1. The minimum absolute atomic E-state index is 0.0877. The van der Waals surface area contributed by atoms with Crippen LogP contribution in [0.2, 0.25) is 5.15 Å². The number of aromatic nitrogens is 2. The molecular weight excluding hydrogens is 297 g/mol. The molecule has 1 amide bonds. The van der Waals surface area contributed by atoms with Crippen LogP contribution in [0.5, 0.6) is 5.75 Å². The van der Waals surface area contributed by atoms with Crippen LogP contribution in [0, 0.1) is 5.82 Å². The highest BCUT2D eigenvalue weighted by Crippen LogP contribution is 2.25. The van der Waals surface area contributed by atoms with Crippen LogP contribution >= 0.6 is 11.6 Å². The van der Waals surface area contributed by atoms with Crippen LogP contribution in [0.15, 0.2) is 30.6 Å². The molecule has 0 saturated carbocycles. The largest absolute Gasteiger partial charge is 0.496 e. The van der Waals surface area contributed by atoms with Gasteiger partial charge in [0.15, 0.2) is 0 Å². The first-order chi connectivity index (χ1) is 10.0. The third-order valence-electron chi connectivity index (χ3n) is 2.84. The zero-order valence-electron chi connectivity index (χ0n) is 11.4. The Hall–Kier alpha value is -2.21. The SMILES string of the molecule is COc1ccc(F)cc1C(C)NC(=O)c1cncc(Cl)n1. The summed E-state index contributed by atoms with van der Waals surface area (Å²) < 4.78 is 18.5. The Morgan fingerprint density at radius 2 is 2.19 bits per heavy atom. The number of hydrogen-bond donors (Lipinski definition) is 1. The van der Waals surface area contributed by atoms with Crippen molar-refractivity contribution in [2.75, 3.05) is 7.11 Å². The van der Waals surface area contributed by atoms with Gasteiger partial charge in [-0.05, 0) is 25.1 Å². The molecule has 1 N–H and O–H groups in total. The zero-order chi connectivity index (χ0) is 15.4. The summed E-state index contributed by atoms with van der Waals surface area (Å²) >= 11 is 5.69. The summed E-state index contributed by atoms with van der Waals surface area (Å²) in [6.07, 6.45) is 2.63. The Labute approximate surface area is 126 Å². The molecule has 110 valence electrons. The van der Waals surface area contributed by atoms with Crippen LogP contribution in [0.1, 0.15) is 29.0 Å². The van der Waals surface area contributed by atoms with E-state index >= 15 is 0 Å². The van der Waals surface area contributed by atoms with E-state index in [2.05, 4.69) is 15.3 Å². The van der Waals surface area contributed by atoms with Crippen molar-refractivity contribution in [3.8, 4) is 5.75 Å². The molecule has 5 nitrogen and oxygen atoms in total. The number of nitrogens with zero attached hydrogens (tertiary/aromatic N) is 2. The third-order valence-corrected chi connectivity index (χ3v) is 3.03. The fourth-order valence-electron chi connectivity index (χ4n) is 1.84. The smallest absolute Gasteiger partial charge is 0.272 e. The fourth-order valence-corrected chi connectivity index (χ4v) is 1.99. The van der Waals surface area contributed by atoms with Crippen LogP contribution < -0.4 is 10.1 Å². The summed E-state index contributed by atoms with van der Waals surface area (Å²) in [4.78, 5) is 19.7. The molecule has 7 heteroatoms. The number of nitrogens with one attached hydrogen (secondary N) is 1. The summed E-state index contributed by atoms with van der Waals surface area (Å²) in [5, 5.41) is 2.82. The van der Waals surface area contributed by atoms with Gasteiger partial charge in [-0.3, -0.25) is 9.78 Å². The van der Waals surface area contributed by atoms with Crippen LogP contribution in [-0.4, -0.2) is 23.0 Å². The lowest BCUT2D eigenvalue weighted by Gasteiger charge is -2.17. The molecule has 21 heavy (non-hydrogen) atoms. The molecule has 0 saturated heterocycles. The van der Waals surface area contributed by atoms with E-state index in [4.69, 9.17) is 16.3 Å². The van der Waals surface area contributed by atoms with E-state index < -0.39 is 17.8 Å². The maximum absolute atomic E-state index is 13.3. The Balaban J connectivity index is 2.20. The molecule has 1 unspecified atom stereocenters. The van der Waals surface area contributed by atoms with Crippen LogP contribution in [0.3, 0.4) is 0 Å². The van der Waals surface area contributed by atoms with E-state index in [9.17, 15) is 9.18 Å².